The molecule has 5 aliphatic heterocycles. The molecule has 528 valence electrons. The van der Waals surface area contributed by atoms with E-state index in [4.69, 9.17) is 23.7 Å². The zero-order chi connectivity index (χ0) is 67.8. The molecule has 0 aromatic heterocycles. The van der Waals surface area contributed by atoms with Crippen molar-refractivity contribution in [3.05, 3.63) is 55.7 Å². The average molecular weight is 1290 g/mol. The van der Waals surface area contributed by atoms with Gasteiger partial charge in [-0.05, 0) is 228 Å². The standard InChI is InChI=1S/C87H144O6/c1-58(2)31-22-34-61(7)37-25-40-64(10)43-28-49-82(19)52-46-73-74-48-54-86(91-79(74)69(15)67(13)77(73)89-82)81(88)71(17)72(18)87-85(86,56-55-84(21,93-87)51-30-45-66(12)42-27-39-63(9)36-24-33-60(5)6)57-76-75-47-53-83(20,90-78(75)68(14)70(16)80(76)92-87)50-29-44-65(11)41-26-38-62(8)35-23-32-59(3)4/h58-66H,22-57H2,1-21H3/t61-,62-,63+,64+,65-,66+,82-,83-,84-,85+,86+,87+/m1/s1. The van der Waals surface area contributed by atoms with E-state index >= 15 is 4.79 Å². The summed E-state index contributed by atoms with van der Waals surface area (Å²) in [4.78, 5) is 16.3. The minimum Gasteiger partial charge on any atom is -0.487 e. The Kier molecular flexibility index (Phi) is 26.4. The van der Waals surface area contributed by atoms with Crippen molar-refractivity contribution in [2.24, 2.45) is 58.7 Å². The van der Waals surface area contributed by atoms with Crippen LogP contribution in [0.3, 0.4) is 0 Å². The molecule has 1 fully saturated rings. The van der Waals surface area contributed by atoms with Crippen molar-refractivity contribution in [2.45, 2.75) is 405 Å². The topological polar surface area (TPSA) is 63.2 Å². The van der Waals surface area contributed by atoms with Crippen LogP contribution < -0.4 is 18.9 Å². The van der Waals surface area contributed by atoms with Gasteiger partial charge in [0, 0.05) is 33.4 Å². The van der Waals surface area contributed by atoms with Crippen molar-refractivity contribution >= 4 is 5.78 Å². The van der Waals surface area contributed by atoms with Crippen LogP contribution in [-0.2, 0) is 35.2 Å². The molecule has 6 heteroatoms. The van der Waals surface area contributed by atoms with Gasteiger partial charge < -0.3 is 23.7 Å². The highest BCUT2D eigenvalue weighted by molar-refractivity contribution is 6.05. The van der Waals surface area contributed by atoms with E-state index in [-0.39, 0.29) is 17.0 Å². The van der Waals surface area contributed by atoms with Crippen molar-refractivity contribution in [3.63, 3.8) is 0 Å². The van der Waals surface area contributed by atoms with Gasteiger partial charge >= 0.3 is 0 Å². The average Bonchev–Trinajstić information content (AvgIpc) is 0.656. The van der Waals surface area contributed by atoms with E-state index in [2.05, 4.69) is 145 Å². The SMILES string of the molecule is CC1=C(C)[C@@]23Oc4c(C)c(C)c5c(c4C[C@@]2(CC[C@@](C)(CCC[C@@H](C)CCC[C@@H](C)CCCC(C)C)O3)[C@]2(CCc3c4c(c(C)c(C)c3O2)O[C@](C)(CCC[C@@H](C)CCC[C@H](C)CCCC(C)C)CC4)C1=O)CC[C@@](C)(CCC[C@H](C)CCC[C@H](C)CCCC(C)C)O5. The first-order chi connectivity index (χ1) is 43.9. The zero-order valence-electron chi connectivity index (χ0n) is 64.6. The third-order valence-corrected chi connectivity index (χ3v) is 26.0. The normalized spacial score (nSPS) is 27.7. The second kappa shape index (κ2) is 32.3. The number of carbonyl (C=O) groups is 1. The molecule has 8 rings (SSSR count). The number of benzene rings is 2. The van der Waals surface area contributed by atoms with Crippen molar-refractivity contribution in [3.8, 4) is 23.0 Å². The fourth-order valence-electron chi connectivity index (χ4n) is 19.0. The highest BCUT2D eigenvalue weighted by Crippen LogP contribution is 2.69. The van der Waals surface area contributed by atoms with Crippen LogP contribution in [0.25, 0.3) is 0 Å². The van der Waals surface area contributed by atoms with Gasteiger partial charge in [0.15, 0.2) is 5.60 Å². The molecular weight excluding hydrogens is 1140 g/mol. The smallest absolute Gasteiger partial charge is 0.244 e. The third kappa shape index (κ3) is 17.5. The lowest BCUT2D eigenvalue weighted by Gasteiger charge is -2.67. The Balaban J connectivity index is 1.04. The minimum atomic E-state index is -1.21. The number of carbonyl (C=O) groups excluding carboxylic acids is 1. The van der Waals surface area contributed by atoms with E-state index in [0.29, 0.717) is 18.8 Å². The van der Waals surface area contributed by atoms with Crippen LogP contribution in [0.15, 0.2) is 11.1 Å². The number of hydrogen-bond acceptors (Lipinski definition) is 6. The molecular formula is C87H144O6. The Morgan fingerprint density at radius 2 is 0.656 bits per heavy atom. The summed E-state index contributed by atoms with van der Waals surface area (Å²) in [7, 11) is 0. The lowest BCUT2D eigenvalue weighted by atomic mass is 9.48. The quantitative estimate of drug-likeness (QED) is 0.0677. The summed E-state index contributed by atoms with van der Waals surface area (Å²) in [5, 5.41) is 0. The first-order valence-electron chi connectivity index (χ1n) is 39.9. The summed E-state index contributed by atoms with van der Waals surface area (Å²) in [6.07, 6.45) is 42.0. The van der Waals surface area contributed by atoms with Gasteiger partial charge in [-0.3, -0.25) is 4.79 Å². The van der Waals surface area contributed by atoms with E-state index in [0.717, 1.165) is 169 Å². The summed E-state index contributed by atoms with van der Waals surface area (Å²) in [6, 6.07) is 0. The molecule has 93 heavy (non-hydrogen) atoms. The molecule has 0 saturated carbocycles. The summed E-state index contributed by atoms with van der Waals surface area (Å²) in [5.74, 6) is 9.95. The predicted molar refractivity (Wildman–Crippen MR) is 394 cm³/mol. The molecule has 1 saturated heterocycles. The summed E-state index contributed by atoms with van der Waals surface area (Å²) in [5.41, 5.74) is 8.40. The molecule has 0 unspecified atom stereocenters. The van der Waals surface area contributed by atoms with Crippen LogP contribution in [0.2, 0.25) is 0 Å². The van der Waals surface area contributed by atoms with Gasteiger partial charge in [0.25, 0.3) is 0 Å². The second-order valence-electron chi connectivity index (χ2n) is 35.9. The molecule has 1 aliphatic carbocycles. The van der Waals surface area contributed by atoms with Crippen molar-refractivity contribution in [1.82, 2.24) is 0 Å². The first kappa shape index (κ1) is 75.8. The molecule has 0 bridgehead atoms. The monoisotopic (exact) mass is 1290 g/mol. The van der Waals surface area contributed by atoms with Gasteiger partial charge in [0.05, 0.1) is 11.0 Å². The molecule has 12 atom stereocenters. The van der Waals surface area contributed by atoms with Gasteiger partial charge in [0.2, 0.25) is 11.6 Å². The van der Waals surface area contributed by atoms with Crippen LogP contribution in [0.5, 0.6) is 23.0 Å². The van der Waals surface area contributed by atoms with Crippen molar-refractivity contribution < 1.29 is 28.5 Å². The van der Waals surface area contributed by atoms with E-state index in [1.54, 1.807) is 0 Å². The number of rotatable bonds is 36. The van der Waals surface area contributed by atoms with E-state index in [9.17, 15) is 0 Å². The van der Waals surface area contributed by atoms with Gasteiger partial charge in [-0.25, -0.2) is 0 Å². The molecule has 6 nitrogen and oxygen atoms in total. The van der Waals surface area contributed by atoms with Crippen molar-refractivity contribution in [1.29, 1.82) is 0 Å². The lowest BCUT2D eigenvalue weighted by Crippen LogP contribution is -2.79. The van der Waals surface area contributed by atoms with Crippen molar-refractivity contribution in [2.75, 3.05) is 0 Å². The maximum atomic E-state index is 16.3. The Bertz CT molecular complexity index is 2820. The molecule has 0 N–H and O–H groups in total. The second-order valence-corrected chi connectivity index (χ2v) is 35.9. The van der Waals surface area contributed by atoms with E-state index in [1.807, 2.05) is 0 Å². The molecule has 0 radical (unpaired) electrons. The number of ketones is 1. The Morgan fingerprint density at radius 1 is 0.344 bits per heavy atom. The van der Waals surface area contributed by atoms with Crippen LogP contribution in [0.1, 0.15) is 368 Å². The fraction of sp³-hybridized carbons (Fsp3) is 0.828. The van der Waals surface area contributed by atoms with E-state index in [1.165, 1.54) is 175 Å². The summed E-state index contributed by atoms with van der Waals surface area (Å²) in [6.45, 7) is 49.4. The molecule has 1 spiro atoms. The van der Waals surface area contributed by atoms with Gasteiger partial charge in [0.1, 0.15) is 34.2 Å². The zero-order valence-corrected chi connectivity index (χ0v) is 64.6. The molecule has 2 aromatic rings. The molecule has 5 heterocycles. The maximum absolute atomic E-state index is 16.3. The summed E-state index contributed by atoms with van der Waals surface area (Å²) >= 11 is 0. The molecule has 6 aliphatic rings. The Hall–Kier alpha value is -2.99. The summed E-state index contributed by atoms with van der Waals surface area (Å²) < 4.78 is 39.0. The first-order valence-corrected chi connectivity index (χ1v) is 39.9. The van der Waals surface area contributed by atoms with Gasteiger partial charge in [-0.2, -0.15) is 0 Å². The Morgan fingerprint density at radius 3 is 1.03 bits per heavy atom. The van der Waals surface area contributed by atoms with Crippen LogP contribution in [-0.4, -0.2) is 34.0 Å². The van der Waals surface area contributed by atoms with Gasteiger partial charge in [-0.15, -0.1) is 0 Å². The number of ether oxygens (including phenoxy) is 5. The number of hydrogen-bond donors (Lipinski definition) is 0. The number of fused-ring (bicyclic) bond motifs is 6. The third-order valence-electron chi connectivity index (χ3n) is 26.0. The fourth-order valence-corrected chi connectivity index (χ4v) is 19.0. The largest absolute Gasteiger partial charge is 0.487 e. The highest BCUT2D eigenvalue weighted by atomic mass is 16.7. The highest BCUT2D eigenvalue weighted by Gasteiger charge is 2.78. The van der Waals surface area contributed by atoms with E-state index < -0.39 is 22.4 Å². The molecule has 2 aromatic carbocycles. The van der Waals surface area contributed by atoms with Gasteiger partial charge in [-0.1, -0.05) is 224 Å². The predicted octanol–water partition coefficient (Wildman–Crippen LogP) is 25.3. The lowest BCUT2D eigenvalue weighted by molar-refractivity contribution is -0.350. The minimum absolute atomic E-state index is 0.125. The van der Waals surface area contributed by atoms with Crippen LogP contribution >= 0.6 is 0 Å². The maximum Gasteiger partial charge on any atom is 0.244 e. The van der Waals surface area contributed by atoms with Crippen LogP contribution in [0.4, 0.5) is 0 Å². The Labute approximate surface area is 573 Å². The number of Topliss-reactive ketones (excluding diaryl/α,β-unsaturated/α-hetero) is 1. The van der Waals surface area contributed by atoms with Crippen LogP contribution in [0, 0.1) is 86.4 Å². The molecule has 0 amide bonds.